The van der Waals surface area contributed by atoms with Crippen molar-refractivity contribution in [3.8, 4) is 17.6 Å². The first-order chi connectivity index (χ1) is 8.76. The molecule has 96 valence electrons. The maximum Gasteiger partial charge on any atom is 0.161 e. The van der Waals surface area contributed by atoms with E-state index in [4.69, 9.17) is 9.47 Å². The van der Waals surface area contributed by atoms with Crippen LogP contribution < -0.4 is 9.47 Å². The van der Waals surface area contributed by atoms with E-state index in [1.807, 2.05) is 18.2 Å². The van der Waals surface area contributed by atoms with Crippen molar-refractivity contribution < 1.29 is 9.47 Å². The fourth-order valence-electron chi connectivity index (χ4n) is 2.41. The molecule has 0 saturated carbocycles. The van der Waals surface area contributed by atoms with E-state index in [0.29, 0.717) is 19.1 Å². The maximum atomic E-state index is 9.36. The second-order valence-corrected chi connectivity index (χ2v) is 4.78. The van der Waals surface area contributed by atoms with Gasteiger partial charge in [0.15, 0.2) is 11.5 Å². The number of fused-ring (bicyclic) bond motifs is 1. The maximum absolute atomic E-state index is 9.36. The Kier molecular flexibility index (Phi) is 4.09. The van der Waals surface area contributed by atoms with Crippen LogP contribution in [0.15, 0.2) is 18.2 Å². The van der Waals surface area contributed by atoms with Crippen LogP contribution in [0.4, 0.5) is 0 Å². The zero-order valence-electron chi connectivity index (χ0n) is 11.0. The predicted octanol–water partition coefficient (Wildman–Crippen LogP) is 3.50. The molecule has 0 saturated heterocycles. The minimum atomic E-state index is -0.0687. The quantitative estimate of drug-likeness (QED) is 0.815. The molecule has 1 aliphatic heterocycles. The third kappa shape index (κ3) is 2.59. The molecule has 0 spiro atoms. The van der Waals surface area contributed by atoms with E-state index in [1.165, 1.54) is 0 Å². The summed E-state index contributed by atoms with van der Waals surface area (Å²) in [6.45, 7) is 5.46. The van der Waals surface area contributed by atoms with E-state index in [-0.39, 0.29) is 5.92 Å². The molecular weight excluding hydrogens is 226 g/mol. The van der Waals surface area contributed by atoms with Crippen LogP contribution in [0.2, 0.25) is 0 Å². The van der Waals surface area contributed by atoms with Crippen LogP contribution in [0, 0.1) is 17.2 Å². The largest absolute Gasteiger partial charge is 0.486 e. The number of hydrogen-bond acceptors (Lipinski definition) is 3. The molecule has 0 aromatic heterocycles. The Morgan fingerprint density at radius 3 is 2.67 bits per heavy atom. The van der Waals surface area contributed by atoms with Gasteiger partial charge in [0.1, 0.15) is 13.2 Å². The van der Waals surface area contributed by atoms with Gasteiger partial charge < -0.3 is 9.47 Å². The molecule has 0 radical (unpaired) electrons. The molecule has 1 heterocycles. The van der Waals surface area contributed by atoms with Gasteiger partial charge in [-0.1, -0.05) is 26.3 Å². The second-order valence-electron chi connectivity index (χ2n) is 4.78. The highest BCUT2D eigenvalue weighted by molar-refractivity contribution is 5.45. The van der Waals surface area contributed by atoms with Gasteiger partial charge in [0.25, 0.3) is 0 Å². The molecule has 3 heteroatoms. The molecule has 1 aromatic rings. The zero-order valence-corrected chi connectivity index (χ0v) is 11.0. The SMILES string of the molecule is CCCC(C)C(C#N)c1ccc2c(c1)OCCO2. The third-order valence-corrected chi connectivity index (χ3v) is 3.38. The summed E-state index contributed by atoms with van der Waals surface area (Å²) in [6.07, 6.45) is 2.16. The summed E-state index contributed by atoms with van der Waals surface area (Å²) in [5.74, 6) is 1.84. The van der Waals surface area contributed by atoms with E-state index >= 15 is 0 Å². The summed E-state index contributed by atoms with van der Waals surface area (Å²) >= 11 is 0. The van der Waals surface area contributed by atoms with Crippen LogP contribution in [-0.2, 0) is 0 Å². The molecule has 1 aliphatic rings. The van der Waals surface area contributed by atoms with Gasteiger partial charge >= 0.3 is 0 Å². The van der Waals surface area contributed by atoms with Crippen molar-refractivity contribution >= 4 is 0 Å². The number of rotatable bonds is 4. The van der Waals surface area contributed by atoms with Crippen LogP contribution in [-0.4, -0.2) is 13.2 Å². The standard InChI is InChI=1S/C15H19NO2/c1-3-4-11(2)13(10-16)12-5-6-14-15(9-12)18-8-7-17-14/h5-6,9,11,13H,3-4,7-8H2,1-2H3. The van der Waals surface area contributed by atoms with Gasteiger partial charge in [-0.25, -0.2) is 0 Å². The first kappa shape index (κ1) is 12.8. The number of nitrogens with zero attached hydrogens (tertiary/aromatic N) is 1. The lowest BCUT2D eigenvalue weighted by atomic mass is 9.85. The molecule has 0 fully saturated rings. The van der Waals surface area contributed by atoms with Crippen LogP contribution in [0.5, 0.6) is 11.5 Å². The minimum Gasteiger partial charge on any atom is -0.486 e. The van der Waals surface area contributed by atoms with E-state index in [2.05, 4.69) is 19.9 Å². The normalized spacial score (nSPS) is 16.7. The van der Waals surface area contributed by atoms with Crippen molar-refractivity contribution in [1.29, 1.82) is 5.26 Å². The first-order valence-electron chi connectivity index (χ1n) is 6.55. The van der Waals surface area contributed by atoms with Gasteiger partial charge in [0, 0.05) is 0 Å². The number of nitriles is 1. The summed E-state index contributed by atoms with van der Waals surface area (Å²) in [5, 5.41) is 9.36. The summed E-state index contributed by atoms with van der Waals surface area (Å²) in [7, 11) is 0. The van der Waals surface area contributed by atoms with Crippen LogP contribution in [0.1, 0.15) is 38.2 Å². The molecule has 0 aliphatic carbocycles. The van der Waals surface area contributed by atoms with Crippen molar-refractivity contribution in [2.24, 2.45) is 5.92 Å². The molecule has 0 N–H and O–H groups in total. The Morgan fingerprint density at radius 2 is 2.00 bits per heavy atom. The third-order valence-electron chi connectivity index (χ3n) is 3.38. The van der Waals surface area contributed by atoms with Gasteiger partial charge in [0.05, 0.1) is 12.0 Å². The lowest BCUT2D eigenvalue weighted by Gasteiger charge is -2.22. The zero-order chi connectivity index (χ0) is 13.0. The number of benzene rings is 1. The van der Waals surface area contributed by atoms with E-state index in [1.54, 1.807) is 0 Å². The lowest BCUT2D eigenvalue weighted by molar-refractivity contribution is 0.171. The Hall–Kier alpha value is -1.69. The molecule has 1 aromatic carbocycles. The van der Waals surface area contributed by atoms with Gasteiger partial charge in [-0.05, 0) is 30.0 Å². The molecular formula is C15H19NO2. The molecule has 3 nitrogen and oxygen atoms in total. The summed E-state index contributed by atoms with van der Waals surface area (Å²) in [6, 6.07) is 8.26. The van der Waals surface area contributed by atoms with Gasteiger partial charge in [-0.3, -0.25) is 0 Å². The molecule has 2 rings (SSSR count). The predicted molar refractivity (Wildman–Crippen MR) is 69.9 cm³/mol. The van der Waals surface area contributed by atoms with Crippen LogP contribution in [0.3, 0.4) is 0 Å². The molecule has 2 atom stereocenters. The Morgan fingerprint density at radius 1 is 1.28 bits per heavy atom. The Labute approximate surface area is 108 Å². The highest BCUT2D eigenvalue weighted by Crippen LogP contribution is 2.35. The summed E-state index contributed by atoms with van der Waals surface area (Å²) in [4.78, 5) is 0. The topological polar surface area (TPSA) is 42.2 Å². The monoisotopic (exact) mass is 245 g/mol. The Balaban J connectivity index is 2.24. The van der Waals surface area contributed by atoms with Crippen molar-refractivity contribution in [2.75, 3.05) is 13.2 Å². The highest BCUT2D eigenvalue weighted by atomic mass is 16.6. The molecule has 0 bridgehead atoms. The van der Waals surface area contributed by atoms with Gasteiger partial charge in [-0.15, -0.1) is 0 Å². The fourth-order valence-corrected chi connectivity index (χ4v) is 2.41. The fraction of sp³-hybridized carbons (Fsp3) is 0.533. The van der Waals surface area contributed by atoms with Crippen molar-refractivity contribution in [3.05, 3.63) is 23.8 Å². The van der Waals surface area contributed by atoms with Crippen molar-refractivity contribution in [2.45, 2.75) is 32.6 Å². The van der Waals surface area contributed by atoms with E-state index < -0.39 is 0 Å². The molecule has 2 unspecified atom stereocenters. The average Bonchev–Trinajstić information content (AvgIpc) is 2.40. The van der Waals surface area contributed by atoms with Crippen molar-refractivity contribution in [3.63, 3.8) is 0 Å². The first-order valence-corrected chi connectivity index (χ1v) is 6.55. The van der Waals surface area contributed by atoms with Gasteiger partial charge in [0.2, 0.25) is 0 Å². The number of ether oxygens (including phenoxy) is 2. The molecule has 18 heavy (non-hydrogen) atoms. The summed E-state index contributed by atoms with van der Waals surface area (Å²) < 4.78 is 11.1. The smallest absolute Gasteiger partial charge is 0.161 e. The van der Waals surface area contributed by atoms with Crippen LogP contribution >= 0.6 is 0 Å². The van der Waals surface area contributed by atoms with E-state index in [9.17, 15) is 5.26 Å². The van der Waals surface area contributed by atoms with E-state index in [0.717, 1.165) is 29.9 Å². The van der Waals surface area contributed by atoms with Crippen LogP contribution in [0.25, 0.3) is 0 Å². The highest BCUT2D eigenvalue weighted by Gasteiger charge is 2.21. The average molecular weight is 245 g/mol. The number of hydrogen-bond donors (Lipinski definition) is 0. The Bertz CT molecular complexity index is 450. The summed E-state index contributed by atoms with van der Waals surface area (Å²) in [5.41, 5.74) is 1.03. The molecule has 0 amide bonds. The minimum absolute atomic E-state index is 0.0687. The lowest BCUT2D eigenvalue weighted by Crippen LogP contribution is -2.16. The second kappa shape index (κ2) is 5.77. The van der Waals surface area contributed by atoms with Gasteiger partial charge in [-0.2, -0.15) is 5.26 Å². The van der Waals surface area contributed by atoms with Crippen molar-refractivity contribution in [1.82, 2.24) is 0 Å².